The zero-order valence-corrected chi connectivity index (χ0v) is 15.1. The maximum absolute atomic E-state index is 5.24. The first-order valence-electron chi connectivity index (χ1n) is 9.81. The van der Waals surface area contributed by atoms with Crippen LogP contribution in [0, 0.1) is 24.2 Å². The lowest BCUT2D eigenvalue weighted by Gasteiger charge is -2.02. The van der Waals surface area contributed by atoms with Crippen molar-refractivity contribution < 1.29 is 0 Å². The Kier molecular flexibility index (Phi) is 19.3. The van der Waals surface area contributed by atoms with E-state index in [-0.39, 0.29) is 0 Å². The lowest BCUT2D eigenvalue weighted by atomic mass is 10.0. The monoisotopic (exact) mass is 302 g/mol. The Morgan fingerprint density at radius 2 is 0.864 bits per heavy atom. The van der Waals surface area contributed by atoms with E-state index in [1.54, 1.807) is 0 Å². The van der Waals surface area contributed by atoms with Crippen LogP contribution < -0.4 is 0 Å². The van der Waals surface area contributed by atoms with Gasteiger partial charge in [-0.05, 0) is 12.8 Å². The molecule has 0 aromatic carbocycles. The van der Waals surface area contributed by atoms with Crippen LogP contribution in [0.1, 0.15) is 116 Å². The molecule has 0 saturated heterocycles. The van der Waals surface area contributed by atoms with Crippen molar-refractivity contribution in [2.45, 2.75) is 116 Å². The van der Waals surface area contributed by atoms with E-state index in [1.807, 2.05) is 0 Å². The zero-order chi connectivity index (χ0) is 16.1. The topological polar surface area (TPSA) is 0 Å². The fourth-order valence-electron chi connectivity index (χ4n) is 2.78. The molecule has 0 spiro atoms. The van der Waals surface area contributed by atoms with E-state index < -0.39 is 0 Å². The normalized spacial score (nSPS) is 10.0. The van der Waals surface area contributed by atoms with Crippen LogP contribution in [0.5, 0.6) is 0 Å². The molecule has 0 aliphatic carbocycles. The van der Waals surface area contributed by atoms with E-state index in [1.165, 1.54) is 89.9 Å². The summed E-state index contributed by atoms with van der Waals surface area (Å²) in [5, 5.41) is 0. The van der Waals surface area contributed by atoms with Gasteiger partial charge < -0.3 is 0 Å². The number of rotatable bonds is 15. The number of unbranched alkanes of at least 4 members (excludes halogenated alkanes) is 15. The number of hydrogen-bond acceptors (Lipinski definition) is 0. The van der Waals surface area contributed by atoms with Gasteiger partial charge in [0.25, 0.3) is 0 Å². The summed E-state index contributed by atoms with van der Waals surface area (Å²) < 4.78 is 0. The smallest absolute Gasteiger partial charge is 0.00886 e. The maximum Gasteiger partial charge on any atom is 0.00886 e. The second-order valence-electron chi connectivity index (χ2n) is 6.36. The van der Waals surface area contributed by atoms with Gasteiger partial charge in [-0.1, -0.05) is 84.0 Å². The summed E-state index contributed by atoms with van der Waals surface area (Å²) in [7, 11) is 0. The van der Waals surface area contributed by atoms with Crippen molar-refractivity contribution in [3.05, 3.63) is 0 Å². The van der Waals surface area contributed by atoms with Gasteiger partial charge >= 0.3 is 0 Å². The van der Waals surface area contributed by atoms with Crippen LogP contribution in [0.15, 0.2) is 0 Å². The minimum atomic E-state index is 0.964. The van der Waals surface area contributed by atoms with Crippen LogP contribution in [-0.4, -0.2) is 0 Å². The first kappa shape index (κ1) is 21.1. The van der Waals surface area contributed by atoms with Gasteiger partial charge in [0.15, 0.2) is 0 Å². The van der Waals surface area contributed by atoms with Gasteiger partial charge in [-0.25, -0.2) is 0 Å². The predicted molar refractivity (Wildman–Crippen MR) is 101 cm³/mol. The van der Waals surface area contributed by atoms with E-state index in [2.05, 4.69) is 24.7 Å². The highest BCUT2D eigenvalue weighted by molar-refractivity contribution is 4.97. The molecule has 0 fully saturated rings. The highest BCUT2D eigenvalue weighted by Gasteiger charge is 1.94. The molecule has 0 amide bonds. The molecule has 0 heterocycles. The summed E-state index contributed by atoms with van der Waals surface area (Å²) >= 11 is 0. The highest BCUT2D eigenvalue weighted by Crippen LogP contribution is 2.13. The van der Waals surface area contributed by atoms with E-state index in [4.69, 9.17) is 6.42 Å². The average Bonchev–Trinajstić information content (AvgIpc) is 2.54. The van der Waals surface area contributed by atoms with Gasteiger partial charge in [0, 0.05) is 19.3 Å². The van der Waals surface area contributed by atoms with E-state index in [9.17, 15) is 0 Å². The van der Waals surface area contributed by atoms with Crippen LogP contribution in [0.25, 0.3) is 0 Å². The van der Waals surface area contributed by atoms with E-state index in [0.29, 0.717) is 0 Å². The first-order chi connectivity index (χ1) is 10.9. The molecule has 126 valence electrons. The van der Waals surface area contributed by atoms with Gasteiger partial charge in [-0.2, -0.15) is 0 Å². The van der Waals surface area contributed by atoms with E-state index in [0.717, 1.165) is 19.3 Å². The van der Waals surface area contributed by atoms with Crippen molar-refractivity contribution in [2.24, 2.45) is 0 Å². The van der Waals surface area contributed by atoms with Crippen molar-refractivity contribution in [2.75, 3.05) is 0 Å². The first-order valence-corrected chi connectivity index (χ1v) is 9.81. The van der Waals surface area contributed by atoms with Crippen LogP contribution in [0.2, 0.25) is 0 Å². The Labute approximate surface area is 140 Å². The highest BCUT2D eigenvalue weighted by atomic mass is 14.0. The summed E-state index contributed by atoms with van der Waals surface area (Å²) in [6, 6.07) is 0. The number of terminal acetylenes is 1. The summed E-state index contributed by atoms with van der Waals surface area (Å²) in [4.78, 5) is 0. The van der Waals surface area contributed by atoms with E-state index >= 15 is 0 Å². The van der Waals surface area contributed by atoms with Gasteiger partial charge in [-0.15, -0.1) is 24.2 Å². The summed E-state index contributed by atoms with van der Waals surface area (Å²) in [6.07, 6.45) is 27.8. The molecular weight excluding hydrogens is 264 g/mol. The number of hydrogen-bond donors (Lipinski definition) is 0. The third-order valence-corrected chi connectivity index (χ3v) is 4.17. The third-order valence-electron chi connectivity index (χ3n) is 4.17. The second-order valence-corrected chi connectivity index (χ2v) is 6.36. The lowest BCUT2D eigenvalue weighted by Crippen LogP contribution is -1.83. The minimum Gasteiger partial charge on any atom is -0.120 e. The molecule has 0 atom stereocenters. The fourth-order valence-corrected chi connectivity index (χ4v) is 2.78. The van der Waals surface area contributed by atoms with Gasteiger partial charge in [0.05, 0.1) is 0 Å². The largest absolute Gasteiger partial charge is 0.120 e. The average molecular weight is 303 g/mol. The Bertz CT molecular complexity index is 296. The van der Waals surface area contributed by atoms with Gasteiger partial charge in [0.1, 0.15) is 0 Å². The lowest BCUT2D eigenvalue weighted by molar-refractivity contribution is 0.535. The molecule has 0 rings (SSSR count). The van der Waals surface area contributed by atoms with Crippen molar-refractivity contribution in [3.8, 4) is 24.2 Å². The van der Waals surface area contributed by atoms with Crippen molar-refractivity contribution in [1.82, 2.24) is 0 Å². The van der Waals surface area contributed by atoms with Crippen molar-refractivity contribution >= 4 is 0 Å². The second kappa shape index (κ2) is 20.1. The minimum absolute atomic E-state index is 0.964. The fraction of sp³-hybridized carbons (Fsp3) is 0.818. The SMILES string of the molecule is C#CCCCCCCCCCCCCCCCCC#CCC. The standard InChI is InChI=1S/C22H38/c1-3-5-7-9-11-13-15-17-19-21-22-20-18-16-14-12-10-8-6-4-2/h1H,4-5,7,9-22H2,2H3. The Morgan fingerprint density at radius 3 is 1.23 bits per heavy atom. The molecule has 0 aromatic rings. The zero-order valence-electron chi connectivity index (χ0n) is 15.1. The van der Waals surface area contributed by atoms with Crippen LogP contribution >= 0.6 is 0 Å². The molecule has 0 unspecified atom stereocenters. The predicted octanol–water partition coefficient (Wildman–Crippen LogP) is 7.27. The molecule has 0 aromatic heterocycles. The van der Waals surface area contributed by atoms with Gasteiger partial charge in [0.2, 0.25) is 0 Å². The van der Waals surface area contributed by atoms with Crippen LogP contribution in [0.3, 0.4) is 0 Å². The van der Waals surface area contributed by atoms with Crippen LogP contribution in [0.4, 0.5) is 0 Å². The third kappa shape index (κ3) is 19.1. The molecule has 0 saturated carbocycles. The molecule has 22 heavy (non-hydrogen) atoms. The summed E-state index contributed by atoms with van der Waals surface area (Å²) in [5.74, 6) is 9.09. The molecular formula is C22H38. The molecule has 0 aliphatic rings. The molecule has 0 N–H and O–H groups in total. The molecule has 0 heteroatoms. The molecule has 0 aliphatic heterocycles. The Balaban J connectivity index is 2.98. The Morgan fingerprint density at radius 1 is 0.500 bits per heavy atom. The molecule has 0 nitrogen and oxygen atoms in total. The quantitative estimate of drug-likeness (QED) is 0.220. The molecule has 0 bridgehead atoms. The van der Waals surface area contributed by atoms with Gasteiger partial charge in [-0.3, -0.25) is 0 Å². The summed E-state index contributed by atoms with van der Waals surface area (Å²) in [5.41, 5.74) is 0. The summed E-state index contributed by atoms with van der Waals surface area (Å²) in [6.45, 7) is 2.12. The Hall–Kier alpha value is -0.880. The van der Waals surface area contributed by atoms with Crippen LogP contribution in [-0.2, 0) is 0 Å². The van der Waals surface area contributed by atoms with Crippen molar-refractivity contribution in [1.29, 1.82) is 0 Å². The van der Waals surface area contributed by atoms with Crippen molar-refractivity contribution in [3.63, 3.8) is 0 Å². The molecule has 0 radical (unpaired) electrons. The maximum atomic E-state index is 5.24.